The molecule has 0 spiro atoms. The molecule has 0 saturated heterocycles. The van der Waals surface area contributed by atoms with E-state index in [1.54, 1.807) is 0 Å². The first-order chi connectivity index (χ1) is 25.8. The molecule has 0 saturated carbocycles. The van der Waals surface area contributed by atoms with Crippen molar-refractivity contribution in [3.8, 4) is 0 Å². The van der Waals surface area contributed by atoms with Crippen LogP contribution in [0.4, 0.5) is 0 Å². The van der Waals surface area contributed by atoms with Gasteiger partial charge in [-0.25, -0.2) is 4.57 Å². The molecule has 3 N–H and O–H groups in total. The normalized spacial score (nSPS) is 14.1. The number of esters is 2. The molecule has 0 aliphatic rings. The first-order valence-corrected chi connectivity index (χ1v) is 21.9. The van der Waals surface area contributed by atoms with E-state index in [9.17, 15) is 19.0 Å². The molecule has 0 heterocycles. The lowest BCUT2D eigenvalue weighted by molar-refractivity contribution is -0.161. The molecule has 0 aromatic rings. The van der Waals surface area contributed by atoms with E-state index in [1.165, 1.54) is 44.9 Å². The molecular weight excluding hydrogens is 689 g/mol. The minimum atomic E-state index is -4.39. The zero-order valence-electron chi connectivity index (χ0n) is 33.2. The molecule has 2 atom stereocenters. The number of unbranched alkanes of at least 4 members (excludes halogenated alkanes) is 12. The first-order valence-electron chi connectivity index (χ1n) is 20.4. The van der Waals surface area contributed by atoms with Crippen molar-refractivity contribution in [3.63, 3.8) is 0 Å². The summed E-state index contributed by atoms with van der Waals surface area (Å²) in [4.78, 5) is 34.8. The molecule has 10 heteroatoms. The minimum absolute atomic E-state index is 0.0402. The van der Waals surface area contributed by atoms with Gasteiger partial charge in [-0.15, -0.1) is 0 Å². The third kappa shape index (κ3) is 39.0. The molecule has 0 aromatic carbocycles. The average molecular weight is 764 g/mol. The van der Waals surface area contributed by atoms with Crippen LogP contribution in [0.5, 0.6) is 0 Å². The molecular formula is C43H74NO8P. The molecule has 53 heavy (non-hydrogen) atoms. The fourth-order valence-corrected chi connectivity index (χ4v) is 5.76. The van der Waals surface area contributed by atoms with Crippen molar-refractivity contribution in [2.45, 2.75) is 161 Å². The van der Waals surface area contributed by atoms with Crippen molar-refractivity contribution in [1.82, 2.24) is 0 Å². The van der Waals surface area contributed by atoms with Gasteiger partial charge in [0.25, 0.3) is 0 Å². The largest absolute Gasteiger partial charge is 0.472 e. The monoisotopic (exact) mass is 764 g/mol. The zero-order chi connectivity index (χ0) is 38.9. The maximum Gasteiger partial charge on any atom is 0.472 e. The van der Waals surface area contributed by atoms with Crippen molar-refractivity contribution in [1.29, 1.82) is 0 Å². The van der Waals surface area contributed by atoms with Gasteiger partial charge in [-0.1, -0.05) is 125 Å². The van der Waals surface area contributed by atoms with E-state index in [1.807, 2.05) is 0 Å². The van der Waals surface area contributed by atoms with Crippen LogP contribution in [0.1, 0.15) is 155 Å². The SMILES string of the molecule is CCCCCC=CCC=CCC=CCCCCCCC(=O)OCC(COP(=O)(O)OCCN)OC(=O)CCCCC=CCC=CCC=CCCCCC. The van der Waals surface area contributed by atoms with Crippen LogP contribution >= 0.6 is 7.82 Å². The molecule has 0 rings (SSSR count). The summed E-state index contributed by atoms with van der Waals surface area (Å²) in [5, 5.41) is 0. The molecule has 9 nitrogen and oxygen atoms in total. The summed E-state index contributed by atoms with van der Waals surface area (Å²) in [5.41, 5.74) is 5.33. The van der Waals surface area contributed by atoms with E-state index in [2.05, 4.69) is 86.8 Å². The van der Waals surface area contributed by atoms with Gasteiger partial charge in [0.15, 0.2) is 6.10 Å². The van der Waals surface area contributed by atoms with Crippen LogP contribution in [0.15, 0.2) is 72.9 Å². The van der Waals surface area contributed by atoms with Gasteiger partial charge in [0.1, 0.15) is 6.61 Å². The molecule has 0 fully saturated rings. The van der Waals surface area contributed by atoms with Crippen molar-refractivity contribution < 1.29 is 37.6 Å². The average Bonchev–Trinajstić information content (AvgIpc) is 3.14. The summed E-state index contributed by atoms with van der Waals surface area (Å²) in [6.07, 6.45) is 46.4. The van der Waals surface area contributed by atoms with E-state index in [4.69, 9.17) is 24.3 Å². The van der Waals surface area contributed by atoms with Gasteiger partial charge < -0.3 is 20.1 Å². The fourth-order valence-electron chi connectivity index (χ4n) is 5.00. The van der Waals surface area contributed by atoms with Crippen molar-refractivity contribution in [2.75, 3.05) is 26.4 Å². The van der Waals surface area contributed by atoms with E-state index >= 15 is 0 Å². The summed E-state index contributed by atoms with van der Waals surface area (Å²) < 4.78 is 32.6. The van der Waals surface area contributed by atoms with Gasteiger partial charge in [-0.3, -0.25) is 18.6 Å². The van der Waals surface area contributed by atoms with Gasteiger partial charge >= 0.3 is 19.8 Å². The Balaban J connectivity index is 4.32. The second-order valence-corrected chi connectivity index (χ2v) is 14.6. The number of phosphoric ester groups is 1. The number of hydrogen-bond donors (Lipinski definition) is 2. The molecule has 304 valence electrons. The number of nitrogens with two attached hydrogens (primary N) is 1. The maximum atomic E-state index is 12.5. The molecule has 0 radical (unpaired) electrons. The highest BCUT2D eigenvalue weighted by Gasteiger charge is 2.25. The Morgan fingerprint density at radius 3 is 1.47 bits per heavy atom. The van der Waals surface area contributed by atoms with Crippen LogP contribution in [0.2, 0.25) is 0 Å². The minimum Gasteiger partial charge on any atom is -0.462 e. The Bertz CT molecular complexity index is 1100. The number of carbonyl (C=O) groups is 2. The summed E-state index contributed by atoms with van der Waals surface area (Å²) >= 11 is 0. The summed E-state index contributed by atoms with van der Waals surface area (Å²) in [6, 6.07) is 0. The highest BCUT2D eigenvalue weighted by molar-refractivity contribution is 7.47. The predicted molar refractivity (Wildman–Crippen MR) is 219 cm³/mol. The van der Waals surface area contributed by atoms with E-state index in [-0.39, 0.29) is 32.6 Å². The highest BCUT2D eigenvalue weighted by Crippen LogP contribution is 2.43. The number of rotatable bonds is 37. The van der Waals surface area contributed by atoms with E-state index in [0.29, 0.717) is 12.8 Å². The van der Waals surface area contributed by atoms with Gasteiger partial charge in [0, 0.05) is 19.4 Å². The fraction of sp³-hybridized carbons (Fsp3) is 0.674. The molecule has 0 bridgehead atoms. The maximum absolute atomic E-state index is 12.5. The number of phosphoric acid groups is 1. The Kier molecular flexibility index (Phi) is 37.3. The summed E-state index contributed by atoms with van der Waals surface area (Å²) in [6.45, 7) is 3.58. The Labute approximate surface area is 322 Å². The standard InChI is InChI=1S/C43H74NO8P/c1-3-5-7-9-11-13-15-17-19-20-22-23-25-27-29-31-33-35-42(45)49-39-41(40-51-53(47,48)50-38-37-44)52-43(46)36-34-32-30-28-26-24-21-18-16-14-12-10-8-6-4-2/h11-14,17-19,21-23,26,28,41H,3-10,15-16,20,24-25,27,29-40,44H2,1-2H3,(H,47,48). The molecule has 0 amide bonds. The molecule has 0 aliphatic heterocycles. The van der Waals surface area contributed by atoms with Crippen molar-refractivity contribution >= 4 is 19.8 Å². The van der Waals surface area contributed by atoms with Crippen LogP contribution in [0, 0.1) is 0 Å². The lowest BCUT2D eigenvalue weighted by atomic mass is 10.1. The predicted octanol–water partition coefficient (Wildman–Crippen LogP) is 11.5. The smallest absolute Gasteiger partial charge is 0.462 e. The van der Waals surface area contributed by atoms with Crippen LogP contribution in [-0.2, 0) is 32.7 Å². The van der Waals surface area contributed by atoms with Crippen LogP contribution < -0.4 is 5.73 Å². The van der Waals surface area contributed by atoms with Gasteiger partial charge in [-0.2, -0.15) is 0 Å². The second-order valence-electron chi connectivity index (χ2n) is 13.1. The van der Waals surface area contributed by atoms with Crippen molar-refractivity contribution in [3.05, 3.63) is 72.9 Å². The molecule has 2 unspecified atom stereocenters. The third-order valence-electron chi connectivity index (χ3n) is 8.06. The van der Waals surface area contributed by atoms with Crippen LogP contribution in [0.3, 0.4) is 0 Å². The summed E-state index contributed by atoms with van der Waals surface area (Å²) in [7, 11) is -4.39. The molecule has 0 aliphatic carbocycles. The van der Waals surface area contributed by atoms with E-state index < -0.39 is 32.5 Å². The van der Waals surface area contributed by atoms with Crippen molar-refractivity contribution in [2.24, 2.45) is 5.73 Å². The van der Waals surface area contributed by atoms with Crippen LogP contribution in [0.25, 0.3) is 0 Å². The lowest BCUT2D eigenvalue weighted by Gasteiger charge is -2.19. The van der Waals surface area contributed by atoms with Crippen LogP contribution in [-0.4, -0.2) is 49.3 Å². The van der Waals surface area contributed by atoms with E-state index in [0.717, 1.165) is 70.6 Å². The highest BCUT2D eigenvalue weighted by atomic mass is 31.2. The number of carbonyl (C=O) groups excluding carboxylic acids is 2. The summed E-state index contributed by atoms with van der Waals surface area (Å²) in [5.74, 6) is -0.907. The quantitative estimate of drug-likeness (QED) is 0.0274. The number of ether oxygens (including phenoxy) is 2. The lowest BCUT2D eigenvalue weighted by Crippen LogP contribution is -2.29. The second kappa shape index (κ2) is 39.2. The Morgan fingerprint density at radius 1 is 0.566 bits per heavy atom. The molecule has 0 aromatic heterocycles. The Morgan fingerprint density at radius 2 is 0.981 bits per heavy atom. The zero-order valence-corrected chi connectivity index (χ0v) is 34.1. The number of allylic oxidation sites excluding steroid dienone is 12. The topological polar surface area (TPSA) is 134 Å². The Hall–Kier alpha value is -2.55. The van der Waals surface area contributed by atoms with Gasteiger partial charge in [-0.05, 0) is 89.9 Å². The van der Waals surface area contributed by atoms with Gasteiger partial charge in [0.05, 0.1) is 13.2 Å². The third-order valence-corrected chi connectivity index (χ3v) is 9.05. The van der Waals surface area contributed by atoms with Gasteiger partial charge in [0.2, 0.25) is 0 Å². The number of hydrogen-bond acceptors (Lipinski definition) is 8. The first kappa shape index (κ1) is 50.5.